The summed E-state index contributed by atoms with van der Waals surface area (Å²) in [4.78, 5) is 26.6. The Hall–Kier alpha value is -2.15. The molecule has 1 fully saturated rings. The maximum atomic E-state index is 13.1. The lowest BCUT2D eigenvalue weighted by Crippen LogP contribution is -2.43. The molecule has 2 amide bonds. The summed E-state index contributed by atoms with van der Waals surface area (Å²) in [6.07, 6.45) is -1.05. The van der Waals surface area contributed by atoms with Crippen molar-refractivity contribution in [1.29, 1.82) is 0 Å². The van der Waals surface area contributed by atoms with E-state index in [2.05, 4.69) is 41.9 Å². The largest absolute Gasteiger partial charge is 0.447 e. The van der Waals surface area contributed by atoms with Crippen LogP contribution in [0.15, 0.2) is 62.4 Å². The van der Waals surface area contributed by atoms with Crippen molar-refractivity contribution in [3.8, 4) is 0 Å². The van der Waals surface area contributed by atoms with Gasteiger partial charge in [-0.1, -0.05) is 34.1 Å². The Labute approximate surface area is 221 Å². The molecule has 0 aromatic heterocycles. The van der Waals surface area contributed by atoms with Gasteiger partial charge in [0.2, 0.25) is 10.0 Å². The van der Waals surface area contributed by atoms with Gasteiger partial charge in [-0.2, -0.15) is 0 Å². The number of anilines is 1. The van der Waals surface area contributed by atoms with Crippen molar-refractivity contribution in [2.24, 2.45) is 0 Å². The summed E-state index contributed by atoms with van der Waals surface area (Å²) in [5.74, 6) is 0. The van der Waals surface area contributed by atoms with Crippen LogP contribution in [0.3, 0.4) is 0 Å². The van der Waals surface area contributed by atoms with Gasteiger partial charge in [0.15, 0.2) is 0 Å². The number of carbonyl (C=O) groups is 2. The summed E-state index contributed by atoms with van der Waals surface area (Å²) in [7, 11) is -3.90. The molecular formula is C23H27Br2N3O6S. The minimum absolute atomic E-state index is 0.0636. The molecule has 1 aliphatic heterocycles. The van der Waals surface area contributed by atoms with E-state index < -0.39 is 39.9 Å². The fourth-order valence-electron chi connectivity index (χ4n) is 3.52. The first-order chi connectivity index (χ1) is 16.3. The quantitative estimate of drug-likeness (QED) is 0.457. The van der Waals surface area contributed by atoms with Crippen LogP contribution in [0.4, 0.5) is 15.3 Å². The minimum Gasteiger partial charge on any atom is -0.447 e. The molecule has 0 saturated carbocycles. The first-order valence-electron chi connectivity index (χ1n) is 10.8. The number of nitrogens with zero attached hydrogens (tertiary/aromatic N) is 1. The molecular weight excluding hydrogens is 606 g/mol. The van der Waals surface area contributed by atoms with E-state index in [1.165, 1.54) is 11.0 Å². The molecule has 2 atom stereocenters. The standard InChI is InChI=1S/C23H27Br2N3O6S/c1-23(2,3)34-22(30)28-13-17(27-35(31,32)20-11-15(24)9-10-19(20)25)12-18(28)14-33-21(29)26-16-7-5-4-6-8-16/h4-11,17-18,27H,12-14H2,1-3H3,(H,26,29)/t17-,18-/m1/s1. The monoisotopic (exact) mass is 631 g/mol. The Morgan fingerprint density at radius 1 is 1.11 bits per heavy atom. The third-order valence-electron chi connectivity index (χ3n) is 4.97. The van der Waals surface area contributed by atoms with E-state index in [4.69, 9.17) is 9.47 Å². The molecule has 0 unspecified atom stereocenters. The molecule has 2 N–H and O–H groups in total. The van der Waals surface area contributed by atoms with E-state index in [0.717, 1.165) is 0 Å². The Morgan fingerprint density at radius 3 is 2.46 bits per heavy atom. The van der Waals surface area contributed by atoms with E-state index in [0.29, 0.717) is 14.6 Å². The van der Waals surface area contributed by atoms with Gasteiger partial charge in [0.05, 0.1) is 10.9 Å². The fraction of sp³-hybridized carbons (Fsp3) is 0.391. The zero-order chi connectivity index (χ0) is 25.8. The molecule has 2 aromatic carbocycles. The van der Waals surface area contributed by atoms with Gasteiger partial charge in [0.1, 0.15) is 12.2 Å². The predicted octanol–water partition coefficient (Wildman–Crippen LogP) is 5.12. The Morgan fingerprint density at radius 2 is 1.80 bits per heavy atom. The van der Waals surface area contributed by atoms with Crippen molar-refractivity contribution < 1.29 is 27.5 Å². The second kappa shape index (κ2) is 11.3. The Kier molecular flexibility index (Phi) is 8.84. The maximum absolute atomic E-state index is 13.1. The van der Waals surface area contributed by atoms with Crippen molar-refractivity contribution in [3.05, 3.63) is 57.5 Å². The SMILES string of the molecule is CC(C)(C)OC(=O)N1C[C@H](NS(=O)(=O)c2cc(Br)ccc2Br)C[C@@H]1COC(=O)Nc1ccccc1. The second-order valence-electron chi connectivity index (χ2n) is 9.00. The average Bonchev–Trinajstić information content (AvgIpc) is 3.15. The number of hydrogen-bond donors (Lipinski definition) is 2. The number of halogens is 2. The van der Waals surface area contributed by atoms with Gasteiger partial charge in [-0.25, -0.2) is 22.7 Å². The van der Waals surface area contributed by atoms with Crippen LogP contribution >= 0.6 is 31.9 Å². The molecule has 0 spiro atoms. The lowest BCUT2D eigenvalue weighted by atomic mass is 10.2. The zero-order valence-electron chi connectivity index (χ0n) is 19.5. The van der Waals surface area contributed by atoms with Crippen LogP contribution in [0, 0.1) is 0 Å². The molecule has 190 valence electrons. The number of amides is 2. The summed E-state index contributed by atoms with van der Waals surface area (Å²) >= 11 is 6.56. The Balaban J connectivity index is 1.72. The van der Waals surface area contributed by atoms with Crippen LogP contribution in [-0.2, 0) is 19.5 Å². The van der Waals surface area contributed by atoms with Crippen molar-refractivity contribution in [2.45, 2.75) is 49.8 Å². The lowest BCUT2D eigenvalue weighted by molar-refractivity contribution is 0.0163. The van der Waals surface area contributed by atoms with E-state index in [-0.39, 0.29) is 24.5 Å². The topological polar surface area (TPSA) is 114 Å². The molecule has 0 radical (unpaired) electrons. The van der Waals surface area contributed by atoms with Crippen LogP contribution in [0.1, 0.15) is 27.2 Å². The first kappa shape index (κ1) is 27.4. The molecule has 0 aliphatic carbocycles. The fourth-order valence-corrected chi connectivity index (χ4v) is 6.26. The van der Waals surface area contributed by atoms with Crippen LogP contribution < -0.4 is 10.0 Å². The molecule has 9 nitrogen and oxygen atoms in total. The molecule has 0 bridgehead atoms. The van der Waals surface area contributed by atoms with E-state index in [9.17, 15) is 18.0 Å². The summed E-state index contributed by atoms with van der Waals surface area (Å²) in [5, 5.41) is 2.61. The third kappa shape index (κ3) is 7.92. The molecule has 3 rings (SSSR count). The summed E-state index contributed by atoms with van der Waals surface area (Å²) in [6.45, 7) is 5.16. The molecule has 35 heavy (non-hydrogen) atoms. The number of likely N-dealkylation sites (tertiary alicyclic amines) is 1. The predicted molar refractivity (Wildman–Crippen MR) is 139 cm³/mol. The van der Waals surface area contributed by atoms with Gasteiger partial charge in [-0.05, 0) is 73.5 Å². The summed E-state index contributed by atoms with van der Waals surface area (Å²) in [5.41, 5.74) is -0.176. The first-order valence-corrected chi connectivity index (χ1v) is 13.9. The zero-order valence-corrected chi connectivity index (χ0v) is 23.4. The minimum atomic E-state index is -3.90. The van der Waals surface area contributed by atoms with Gasteiger partial charge >= 0.3 is 12.2 Å². The van der Waals surface area contributed by atoms with Crippen LogP contribution in [0.25, 0.3) is 0 Å². The highest BCUT2D eigenvalue weighted by Crippen LogP contribution is 2.28. The van der Waals surface area contributed by atoms with Crippen LogP contribution in [-0.4, -0.2) is 56.3 Å². The van der Waals surface area contributed by atoms with Crippen molar-refractivity contribution in [1.82, 2.24) is 9.62 Å². The molecule has 1 aliphatic rings. The van der Waals surface area contributed by atoms with Crippen LogP contribution in [0.5, 0.6) is 0 Å². The molecule has 12 heteroatoms. The summed E-state index contributed by atoms with van der Waals surface area (Å²) in [6, 6.07) is 12.5. The second-order valence-corrected chi connectivity index (χ2v) is 12.5. The smallest absolute Gasteiger partial charge is 0.411 e. The van der Waals surface area contributed by atoms with E-state index in [1.54, 1.807) is 57.2 Å². The molecule has 1 heterocycles. The van der Waals surface area contributed by atoms with E-state index in [1.807, 2.05) is 6.07 Å². The van der Waals surface area contributed by atoms with Gasteiger partial charge in [-0.15, -0.1) is 0 Å². The van der Waals surface area contributed by atoms with Gasteiger partial charge in [0.25, 0.3) is 0 Å². The van der Waals surface area contributed by atoms with Crippen molar-refractivity contribution in [3.63, 3.8) is 0 Å². The van der Waals surface area contributed by atoms with Gasteiger partial charge < -0.3 is 14.4 Å². The normalized spacial score (nSPS) is 18.3. The number of nitrogens with one attached hydrogen (secondary N) is 2. The lowest BCUT2D eigenvalue weighted by Gasteiger charge is -2.28. The maximum Gasteiger partial charge on any atom is 0.411 e. The number of ether oxygens (including phenoxy) is 2. The number of sulfonamides is 1. The van der Waals surface area contributed by atoms with Gasteiger partial charge in [-0.3, -0.25) is 5.32 Å². The molecule has 2 aromatic rings. The highest BCUT2D eigenvalue weighted by Gasteiger charge is 2.40. The molecule has 1 saturated heterocycles. The summed E-state index contributed by atoms with van der Waals surface area (Å²) < 4.78 is 40.6. The highest BCUT2D eigenvalue weighted by molar-refractivity contribution is 9.11. The van der Waals surface area contributed by atoms with Crippen LogP contribution in [0.2, 0.25) is 0 Å². The van der Waals surface area contributed by atoms with Crippen molar-refractivity contribution in [2.75, 3.05) is 18.5 Å². The van der Waals surface area contributed by atoms with Gasteiger partial charge in [0, 0.05) is 27.2 Å². The third-order valence-corrected chi connectivity index (χ3v) is 7.98. The van der Waals surface area contributed by atoms with E-state index >= 15 is 0 Å². The number of para-hydroxylation sites is 1. The number of benzene rings is 2. The number of hydrogen-bond acceptors (Lipinski definition) is 6. The number of carbonyl (C=O) groups excluding carboxylic acids is 2. The van der Waals surface area contributed by atoms with Crippen molar-refractivity contribution >= 4 is 59.8 Å². The highest BCUT2D eigenvalue weighted by atomic mass is 79.9. The Bertz CT molecular complexity index is 1170. The average molecular weight is 633 g/mol. The number of rotatable bonds is 6.